The lowest BCUT2D eigenvalue weighted by Gasteiger charge is -2.00. The summed E-state index contributed by atoms with van der Waals surface area (Å²) in [6.07, 6.45) is 2.71. The van der Waals surface area contributed by atoms with Gasteiger partial charge in [-0.15, -0.1) is 5.73 Å². The minimum Gasteiger partial charge on any atom is -0.459 e. The largest absolute Gasteiger partial charge is 0.459 e. The van der Waals surface area contributed by atoms with Crippen LogP contribution >= 0.6 is 0 Å². The molecule has 0 amide bonds. The van der Waals surface area contributed by atoms with Gasteiger partial charge in [0.05, 0.1) is 12.2 Å². The Balaban J connectivity index is 1.84. The van der Waals surface area contributed by atoms with E-state index in [9.17, 15) is 4.79 Å². The topological polar surface area (TPSA) is 38.8 Å². The molecular formula is C15H16O3. The molecule has 1 aliphatic rings. The highest BCUT2D eigenvalue weighted by molar-refractivity contribution is 5.87. The Kier molecular flexibility index (Phi) is 4.35. The van der Waals surface area contributed by atoms with Crippen LogP contribution < -0.4 is 0 Å². The van der Waals surface area contributed by atoms with E-state index in [-0.39, 0.29) is 12.1 Å². The lowest BCUT2D eigenvalue weighted by molar-refractivity contribution is -0.139. The minimum atomic E-state index is -0.324. The quantitative estimate of drug-likeness (QED) is 0.345. The summed E-state index contributed by atoms with van der Waals surface area (Å²) in [5.41, 5.74) is 4.64. The van der Waals surface area contributed by atoms with Gasteiger partial charge < -0.3 is 9.47 Å². The number of ether oxygens (including phenoxy) is 2. The van der Waals surface area contributed by atoms with Crippen molar-refractivity contribution in [3.05, 3.63) is 53.3 Å². The molecule has 0 aliphatic carbocycles. The molecular weight excluding hydrogens is 228 g/mol. The first-order valence-electron chi connectivity index (χ1n) is 6.00. The molecule has 0 bridgehead atoms. The van der Waals surface area contributed by atoms with Crippen LogP contribution in [-0.2, 0) is 20.7 Å². The standard InChI is InChI=1S/C15H16O3/c1-12(15(16)18-11-14-10-17-14)6-5-9-13-7-3-2-4-8-13/h2-5,7-8,14H,9-11H2,1H3. The van der Waals surface area contributed by atoms with Gasteiger partial charge in [-0.25, -0.2) is 4.79 Å². The van der Waals surface area contributed by atoms with Crippen molar-refractivity contribution in [1.82, 2.24) is 0 Å². The molecule has 0 radical (unpaired) electrons. The van der Waals surface area contributed by atoms with Gasteiger partial charge in [0.25, 0.3) is 0 Å². The van der Waals surface area contributed by atoms with Crippen LogP contribution in [0.1, 0.15) is 12.5 Å². The van der Waals surface area contributed by atoms with Crippen molar-refractivity contribution in [1.29, 1.82) is 0 Å². The fourth-order valence-corrected chi connectivity index (χ4v) is 1.44. The van der Waals surface area contributed by atoms with Crippen molar-refractivity contribution >= 4 is 5.97 Å². The van der Waals surface area contributed by atoms with Gasteiger partial charge in [-0.1, -0.05) is 30.3 Å². The summed E-state index contributed by atoms with van der Waals surface area (Å²) in [5.74, 6) is -0.324. The van der Waals surface area contributed by atoms with E-state index >= 15 is 0 Å². The molecule has 18 heavy (non-hydrogen) atoms. The van der Waals surface area contributed by atoms with Crippen LogP contribution in [0.15, 0.2) is 47.7 Å². The Hall–Kier alpha value is -1.83. The summed E-state index contributed by atoms with van der Waals surface area (Å²) < 4.78 is 10.0. The van der Waals surface area contributed by atoms with Crippen LogP contribution in [0.3, 0.4) is 0 Å². The first-order valence-corrected chi connectivity index (χ1v) is 6.00. The van der Waals surface area contributed by atoms with Gasteiger partial charge in [0.15, 0.2) is 0 Å². The number of esters is 1. The molecule has 0 spiro atoms. The summed E-state index contributed by atoms with van der Waals surface area (Å²) in [6.45, 7) is 2.74. The SMILES string of the molecule is CC(=C=CCc1ccccc1)C(=O)OCC1CO1. The second-order valence-corrected chi connectivity index (χ2v) is 4.22. The summed E-state index contributed by atoms with van der Waals surface area (Å²) in [4.78, 5) is 11.5. The van der Waals surface area contributed by atoms with Crippen molar-refractivity contribution < 1.29 is 14.3 Å². The van der Waals surface area contributed by atoms with Gasteiger partial charge in [-0.3, -0.25) is 0 Å². The average Bonchev–Trinajstić information content (AvgIpc) is 3.21. The van der Waals surface area contributed by atoms with Crippen LogP contribution in [0.25, 0.3) is 0 Å². The summed E-state index contributed by atoms with van der Waals surface area (Å²) in [6, 6.07) is 10.0. The predicted molar refractivity (Wildman–Crippen MR) is 68.1 cm³/mol. The highest BCUT2D eigenvalue weighted by Gasteiger charge is 2.24. The normalized spacial score (nSPS) is 16.6. The average molecular weight is 244 g/mol. The zero-order valence-electron chi connectivity index (χ0n) is 10.4. The Morgan fingerprint density at radius 2 is 2.22 bits per heavy atom. The fourth-order valence-electron chi connectivity index (χ4n) is 1.44. The van der Waals surface area contributed by atoms with Crippen LogP contribution in [0.4, 0.5) is 0 Å². The van der Waals surface area contributed by atoms with Gasteiger partial charge in [0, 0.05) is 0 Å². The highest BCUT2D eigenvalue weighted by Crippen LogP contribution is 2.09. The lowest BCUT2D eigenvalue weighted by atomic mass is 10.1. The molecule has 1 heterocycles. The molecule has 3 heteroatoms. The Bertz CT molecular complexity index is 466. The zero-order valence-corrected chi connectivity index (χ0v) is 10.4. The molecule has 0 N–H and O–H groups in total. The summed E-state index contributed by atoms with van der Waals surface area (Å²) in [7, 11) is 0. The van der Waals surface area contributed by atoms with Crippen molar-refractivity contribution in [2.45, 2.75) is 19.4 Å². The molecule has 1 aromatic carbocycles. The highest BCUT2D eigenvalue weighted by atomic mass is 16.6. The third-order valence-electron chi connectivity index (χ3n) is 2.61. The Labute approximate surface area is 107 Å². The van der Waals surface area contributed by atoms with Crippen LogP contribution in [0.2, 0.25) is 0 Å². The number of epoxide rings is 1. The smallest absolute Gasteiger partial charge is 0.341 e. The molecule has 1 unspecified atom stereocenters. The number of benzene rings is 1. The van der Waals surface area contributed by atoms with E-state index in [0.717, 1.165) is 6.42 Å². The van der Waals surface area contributed by atoms with Gasteiger partial charge in [-0.2, -0.15) is 0 Å². The Morgan fingerprint density at radius 3 is 2.89 bits per heavy atom. The maximum absolute atomic E-state index is 11.5. The summed E-state index contributed by atoms with van der Waals surface area (Å²) in [5, 5.41) is 0. The van der Waals surface area contributed by atoms with Crippen LogP contribution in [0.5, 0.6) is 0 Å². The molecule has 1 aromatic rings. The van der Waals surface area contributed by atoms with E-state index in [1.807, 2.05) is 36.4 Å². The predicted octanol–water partition coefficient (Wildman–Crippen LogP) is 2.27. The second kappa shape index (κ2) is 6.20. The number of rotatable bonds is 5. The molecule has 94 valence electrons. The zero-order chi connectivity index (χ0) is 12.8. The molecule has 1 atom stereocenters. The maximum Gasteiger partial charge on any atom is 0.341 e. The first kappa shape index (κ1) is 12.6. The van der Waals surface area contributed by atoms with Gasteiger partial charge in [0.1, 0.15) is 12.7 Å². The molecule has 0 saturated carbocycles. The van der Waals surface area contributed by atoms with Crippen LogP contribution in [-0.4, -0.2) is 25.3 Å². The van der Waals surface area contributed by atoms with Crippen molar-refractivity contribution in [3.63, 3.8) is 0 Å². The second-order valence-electron chi connectivity index (χ2n) is 4.22. The van der Waals surface area contributed by atoms with E-state index in [1.165, 1.54) is 5.56 Å². The first-order chi connectivity index (χ1) is 8.75. The monoisotopic (exact) mass is 244 g/mol. The number of hydrogen-bond acceptors (Lipinski definition) is 3. The summed E-state index contributed by atoms with van der Waals surface area (Å²) >= 11 is 0. The third-order valence-corrected chi connectivity index (χ3v) is 2.61. The van der Waals surface area contributed by atoms with Crippen LogP contribution in [0, 0.1) is 0 Å². The molecule has 1 aliphatic heterocycles. The molecule has 1 saturated heterocycles. The minimum absolute atomic E-state index is 0.107. The van der Waals surface area contributed by atoms with Crippen molar-refractivity contribution in [3.8, 4) is 0 Å². The molecule has 0 aromatic heterocycles. The van der Waals surface area contributed by atoms with E-state index in [4.69, 9.17) is 9.47 Å². The lowest BCUT2D eigenvalue weighted by Crippen LogP contribution is -2.10. The fraction of sp³-hybridized carbons (Fsp3) is 0.333. The third kappa shape index (κ3) is 4.21. The van der Waals surface area contributed by atoms with E-state index in [0.29, 0.717) is 18.8 Å². The van der Waals surface area contributed by atoms with Gasteiger partial charge >= 0.3 is 5.97 Å². The molecule has 3 nitrogen and oxygen atoms in total. The van der Waals surface area contributed by atoms with E-state index in [2.05, 4.69) is 5.73 Å². The van der Waals surface area contributed by atoms with Gasteiger partial charge in [-0.05, 0) is 25.0 Å². The number of hydrogen-bond donors (Lipinski definition) is 0. The van der Waals surface area contributed by atoms with E-state index in [1.54, 1.807) is 6.92 Å². The maximum atomic E-state index is 11.5. The number of carbonyl (C=O) groups is 1. The molecule has 1 fully saturated rings. The Morgan fingerprint density at radius 1 is 1.50 bits per heavy atom. The van der Waals surface area contributed by atoms with E-state index < -0.39 is 0 Å². The number of carbonyl (C=O) groups excluding carboxylic acids is 1. The van der Waals surface area contributed by atoms with Gasteiger partial charge in [0.2, 0.25) is 0 Å². The van der Waals surface area contributed by atoms with Crippen molar-refractivity contribution in [2.75, 3.05) is 13.2 Å². The molecule has 2 rings (SSSR count). The van der Waals surface area contributed by atoms with Crippen molar-refractivity contribution in [2.24, 2.45) is 0 Å².